The first-order chi connectivity index (χ1) is 10.5. The molecule has 0 radical (unpaired) electrons. The molecule has 0 bridgehead atoms. The summed E-state index contributed by atoms with van der Waals surface area (Å²) in [7, 11) is -3.60. The van der Waals surface area contributed by atoms with Crippen LogP contribution in [0.25, 0.3) is 10.8 Å². The summed E-state index contributed by atoms with van der Waals surface area (Å²) in [5.74, 6) is 0. The molecule has 6 nitrogen and oxygen atoms in total. The maximum atomic E-state index is 12.9. The lowest BCUT2D eigenvalue weighted by atomic mass is 10.2. The number of aromatic amines is 1. The molecule has 0 unspecified atom stereocenters. The molecule has 0 atom stereocenters. The zero-order valence-electron chi connectivity index (χ0n) is 12.4. The number of nitrogens with one attached hydrogen (secondary N) is 1. The Labute approximate surface area is 129 Å². The Balaban J connectivity index is 2.04. The number of piperazine rings is 1. The number of H-pyrrole nitrogens is 1. The SMILES string of the molecule is CCN1CCN(S(=O)(=O)c2c[nH]c(=O)c3ccccc23)CC1. The highest BCUT2D eigenvalue weighted by atomic mass is 32.2. The second kappa shape index (κ2) is 5.83. The van der Waals surface area contributed by atoms with Gasteiger partial charge in [-0.05, 0) is 12.6 Å². The van der Waals surface area contributed by atoms with E-state index in [9.17, 15) is 13.2 Å². The molecule has 0 aliphatic carbocycles. The van der Waals surface area contributed by atoms with Crippen molar-refractivity contribution in [3.8, 4) is 0 Å². The smallest absolute Gasteiger partial charge is 0.255 e. The molecule has 7 heteroatoms. The lowest BCUT2D eigenvalue weighted by molar-refractivity contribution is 0.196. The van der Waals surface area contributed by atoms with Gasteiger partial charge in [-0.15, -0.1) is 0 Å². The summed E-state index contributed by atoms with van der Waals surface area (Å²) in [6, 6.07) is 6.80. The third kappa shape index (κ3) is 2.55. The normalized spacial score (nSPS) is 17.9. The predicted molar refractivity (Wildman–Crippen MR) is 85.4 cm³/mol. The van der Waals surface area contributed by atoms with Gasteiger partial charge >= 0.3 is 0 Å². The third-order valence-corrected chi connectivity index (χ3v) is 6.11. The number of rotatable bonds is 3. The maximum absolute atomic E-state index is 12.9. The van der Waals surface area contributed by atoms with Crippen molar-refractivity contribution < 1.29 is 8.42 Å². The standard InChI is InChI=1S/C15H19N3O3S/c1-2-17-7-9-18(10-8-17)22(20,21)14-11-16-15(19)13-6-4-3-5-12(13)14/h3-6,11H,2,7-10H2,1H3,(H,16,19). The second-order valence-electron chi connectivity index (χ2n) is 5.37. The molecule has 1 aromatic heterocycles. The van der Waals surface area contributed by atoms with Crippen molar-refractivity contribution in [2.24, 2.45) is 0 Å². The van der Waals surface area contributed by atoms with E-state index in [0.717, 1.165) is 19.6 Å². The molecule has 1 aliphatic rings. The van der Waals surface area contributed by atoms with E-state index in [2.05, 4.69) is 16.8 Å². The van der Waals surface area contributed by atoms with Gasteiger partial charge < -0.3 is 9.88 Å². The highest BCUT2D eigenvalue weighted by molar-refractivity contribution is 7.89. The van der Waals surface area contributed by atoms with Gasteiger partial charge in [0, 0.05) is 43.1 Å². The molecule has 22 heavy (non-hydrogen) atoms. The van der Waals surface area contributed by atoms with E-state index in [1.807, 2.05) is 0 Å². The van der Waals surface area contributed by atoms with E-state index in [1.165, 1.54) is 10.5 Å². The van der Waals surface area contributed by atoms with E-state index < -0.39 is 10.0 Å². The predicted octanol–water partition coefficient (Wildman–Crippen LogP) is 0.854. The maximum Gasteiger partial charge on any atom is 0.255 e. The first-order valence-corrected chi connectivity index (χ1v) is 8.81. The Morgan fingerprint density at radius 1 is 1.09 bits per heavy atom. The Hall–Kier alpha value is -1.70. The molecule has 1 aliphatic heterocycles. The minimum Gasteiger partial charge on any atom is -0.327 e. The van der Waals surface area contributed by atoms with Crippen LogP contribution in [0.4, 0.5) is 0 Å². The highest BCUT2D eigenvalue weighted by Crippen LogP contribution is 2.23. The molecule has 2 heterocycles. The molecular weight excluding hydrogens is 302 g/mol. The number of likely N-dealkylation sites (N-methyl/N-ethyl adjacent to an activating group) is 1. The van der Waals surface area contributed by atoms with E-state index in [1.54, 1.807) is 24.3 Å². The van der Waals surface area contributed by atoms with Crippen molar-refractivity contribution in [2.45, 2.75) is 11.8 Å². The third-order valence-electron chi connectivity index (χ3n) is 4.17. The first kappa shape index (κ1) is 15.2. The van der Waals surface area contributed by atoms with Gasteiger partial charge in [0.2, 0.25) is 10.0 Å². The number of hydrogen-bond acceptors (Lipinski definition) is 4. The molecular formula is C15H19N3O3S. The topological polar surface area (TPSA) is 73.5 Å². The molecule has 1 aromatic carbocycles. The van der Waals surface area contributed by atoms with Crippen molar-refractivity contribution in [3.63, 3.8) is 0 Å². The van der Waals surface area contributed by atoms with Crippen LogP contribution in [0.3, 0.4) is 0 Å². The van der Waals surface area contributed by atoms with Crippen molar-refractivity contribution >= 4 is 20.8 Å². The summed E-state index contributed by atoms with van der Waals surface area (Å²) in [6.07, 6.45) is 1.31. The molecule has 2 aromatic rings. The number of benzene rings is 1. The fourth-order valence-corrected chi connectivity index (χ4v) is 4.41. The number of nitrogens with zero attached hydrogens (tertiary/aromatic N) is 2. The van der Waals surface area contributed by atoms with Gasteiger partial charge in [-0.2, -0.15) is 4.31 Å². The quantitative estimate of drug-likeness (QED) is 0.910. The summed E-state index contributed by atoms with van der Waals surface area (Å²) in [4.78, 5) is 16.8. The van der Waals surface area contributed by atoms with Crippen molar-refractivity contribution in [1.29, 1.82) is 0 Å². The molecule has 1 fully saturated rings. The van der Waals surface area contributed by atoms with E-state index in [0.29, 0.717) is 23.9 Å². The van der Waals surface area contributed by atoms with Crippen LogP contribution < -0.4 is 5.56 Å². The summed E-state index contributed by atoms with van der Waals surface area (Å²) < 4.78 is 27.3. The minimum absolute atomic E-state index is 0.174. The van der Waals surface area contributed by atoms with Crippen LogP contribution in [0.1, 0.15) is 6.92 Å². The number of aromatic nitrogens is 1. The van der Waals surface area contributed by atoms with Crippen LogP contribution in [0.5, 0.6) is 0 Å². The zero-order chi connectivity index (χ0) is 15.7. The van der Waals surface area contributed by atoms with Crippen LogP contribution in [-0.4, -0.2) is 55.3 Å². The summed E-state index contributed by atoms with van der Waals surface area (Å²) >= 11 is 0. The lowest BCUT2D eigenvalue weighted by Gasteiger charge is -2.33. The first-order valence-electron chi connectivity index (χ1n) is 7.37. The number of hydrogen-bond donors (Lipinski definition) is 1. The van der Waals surface area contributed by atoms with Crippen LogP contribution in [-0.2, 0) is 10.0 Å². The van der Waals surface area contributed by atoms with Gasteiger partial charge in [-0.1, -0.05) is 25.1 Å². The monoisotopic (exact) mass is 321 g/mol. The van der Waals surface area contributed by atoms with Crippen LogP contribution in [0.15, 0.2) is 40.2 Å². The number of pyridine rings is 1. The molecule has 0 amide bonds. The van der Waals surface area contributed by atoms with Gasteiger partial charge in [0.05, 0.1) is 0 Å². The van der Waals surface area contributed by atoms with Gasteiger partial charge in [0.15, 0.2) is 0 Å². The lowest BCUT2D eigenvalue weighted by Crippen LogP contribution is -2.48. The van der Waals surface area contributed by atoms with E-state index >= 15 is 0 Å². The zero-order valence-corrected chi connectivity index (χ0v) is 13.3. The fraction of sp³-hybridized carbons (Fsp3) is 0.400. The highest BCUT2D eigenvalue weighted by Gasteiger charge is 2.29. The molecule has 0 spiro atoms. The summed E-state index contributed by atoms with van der Waals surface area (Å²) in [5.41, 5.74) is -0.273. The van der Waals surface area contributed by atoms with Gasteiger partial charge in [0.25, 0.3) is 5.56 Å². The van der Waals surface area contributed by atoms with Crippen molar-refractivity contribution in [2.75, 3.05) is 32.7 Å². The van der Waals surface area contributed by atoms with Crippen LogP contribution in [0, 0.1) is 0 Å². The van der Waals surface area contributed by atoms with Crippen LogP contribution in [0.2, 0.25) is 0 Å². The molecule has 0 saturated carbocycles. The van der Waals surface area contributed by atoms with E-state index in [-0.39, 0.29) is 10.5 Å². The molecule has 3 rings (SSSR count). The number of fused-ring (bicyclic) bond motifs is 1. The average molecular weight is 321 g/mol. The molecule has 1 saturated heterocycles. The Bertz CT molecular complexity index is 836. The average Bonchev–Trinajstić information content (AvgIpc) is 2.55. The summed E-state index contributed by atoms with van der Waals surface area (Å²) in [6.45, 7) is 5.41. The van der Waals surface area contributed by atoms with Gasteiger partial charge in [-0.3, -0.25) is 4.79 Å². The van der Waals surface area contributed by atoms with E-state index in [4.69, 9.17) is 0 Å². The Morgan fingerprint density at radius 2 is 1.73 bits per heavy atom. The minimum atomic E-state index is -3.60. The Kier molecular flexibility index (Phi) is 4.03. The van der Waals surface area contributed by atoms with Gasteiger partial charge in [-0.25, -0.2) is 8.42 Å². The second-order valence-corrected chi connectivity index (χ2v) is 7.27. The number of sulfonamides is 1. The van der Waals surface area contributed by atoms with Gasteiger partial charge in [0.1, 0.15) is 4.90 Å². The van der Waals surface area contributed by atoms with Crippen LogP contribution >= 0.6 is 0 Å². The van der Waals surface area contributed by atoms with Crippen molar-refractivity contribution in [3.05, 3.63) is 40.8 Å². The molecule has 118 valence electrons. The molecule has 1 N–H and O–H groups in total. The Morgan fingerprint density at radius 3 is 2.36 bits per heavy atom. The fourth-order valence-electron chi connectivity index (χ4n) is 2.82. The largest absolute Gasteiger partial charge is 0.327 e. The van der Waals surface area contributed by atoms with Crippen molar-refractivity contribution in [1.82, 2.24) is 14.2 Å². The summed E-state index contributed by atoms with van der Waals surface area (Å²) in [5, 5.41) is 0.875.